The van der Waals surface area contributed by atoms with Crippen LogP contribution >= 0.6 is 11.3 Å². The Balaban J connectivity index is 1.16. The van der Waals surface area contributed by atoms with Gasteiger partial charge in [-0.3, -0.25) is 0 Å². The molecule has 0 unspecified atom stereocenters. The Morgan fingerprint density at radius 3 is 2.62 bits per heavy atom. The highest BCUT2D eigenvalue weighted by atomic mass is 32.1. The number of anilines is 2. The molecule has 0 spiro atoms. The molecular formula is C21H24FN8OS+. The third-order valence-electron chi connectivity index (χ3n) is 5.60. The Morgan fingerprint density at radius 2 is 1.94 bits per heavy atom. The fourth-order valence-electron chi connectivity index (χ4n) is 3.78. The van der Waals surface area contributed by atoms with Gasteiger partial charge in [0.15, 0.2) is 12.2 Å². The summed E-state index contributed by atoms with van der Waals surface area (Å²) in [5, 5.41) is 7.01. The number of thiazole rings is 1. The molecule has 2 aromatic heterocycles. The quantitative estimate of drug-likeness (QED) is 0.550. The molecule has 32 heavy (non-hydrogen) atoms. The lowest BCUT2D eigenvalue weighted by molar-refractivity contribution is -0.703. The van der Waals surface area contributed by atoms with Crippen molar-refractivity contribution < 1.29 is 14.7 Å². The molecular weight excluding hydrogens is 431 g/mol. The van der Waals surface area contributed by atoms with Gasteiger partial charge in [-0.25, -0.2) is 19.3 Å². The number of nitrogens with zero attached hydrogens (tertiary/aromatic N) is 6. The van der Waals surface area contributed by atoms with Gasteiger partial charge < -0.3 is 9.64 Å². The molecule has 1 fully saturated rings. The lowest BCUT2D eigenvalue weighted by Crippen LogP contribution is -2.97. The summed E-state index contributed by atoms with van der Waals surface area (Å²) >= 11 is 1.73. The van der Waals surface area contributed by atoms with Gasteiger partial charge >= 0.3 is 0 Å². The Morgan fingerprint density at radius 1 is 1.19 bits per heavy atom. The number of nitrogens with one attached hydrogen (secondary N) is 1. The maximum Gasteiger partial charge on any atom is 0.225 e. The summed E-state index contributed by atoms with van der Waals surface area (Å²) in [5.74, 6) is 1.41. The van der Waals surface area contributed by atoms with Gasteiger partial charge in [-0.2, -0.15) is 5.01 Å². The molecule has 1 saturated heterocycles. The van der Waals surface area contributed by atoms with E-state index < -0.39 is 5.82 Å². The van der Waals surface area contributed by atoms with Crippen molar-refractivity contribution in [2.24, 2.45) is 5.10 Å². The second-order valence-electron chi connectivity index (χ2n) is 7.72. The van der Waals surface area contributed by atoms with E-state index in [1.165, 1.54) is 12.4 Å². The van der Waals surface area contributed by atoms with Gasteiger partial charge in [0, 0.05) is 19.0 Å². The number of hydrazone groups is 1. The van der Waals surface area contributed by atoms with Crippen LogP contribution in [0.5, 0.6) is 5.75 Å². The minimum Gasteiger partial charge on any atom is -0.488 e. The summed E-state index contributed by atoms with van der Waals surface area (Å²) in [6.07, 6.45) is 6.10. The predicted octanol–water partition coefficient (Wildman–Crippen LogP) is 2.09. The molecule has 0 atom stereocenters. The number of hydrogen-bond donors (Lipinski definition) is 2. The molecule has 0 radical (unpaired) electrons. The number of halogens is 1. The van der Waals surface area contributed by atoms with E-state index in [1.807, 2.05) is 36.2 Å². The van der Waals surface area contributed by atoms with Gasteiger partial charge in [0.25, 0.3) is 0 Å². The van der Waals surface area contributed by atoms with Crippen LogP contribution in [0.25, 0.3) is 0 Å². The van der Waals surface area contributed by atoms with Crippen LogP contribution in [0.3, 0.4) is 0 Å². The zero-order valence-electron chi connectivity index (χ0n) is 17.6. The largest absolute Gasteiger partial charge is 0.488 e. The van der Waals surface area contributed by atoms with Crippen LogP contribution in [-0.4, -0.2) is 34.4 Å². The highest BCUT2D eigenvalue weighted by molar-refractivity contribution is 7.11. The topological polar surface area (TPSA) is 95.4 Å². The predicted molar refractivity (Wildman–Crippen MR) is 120 cm³/mol. The number of rotatable bonds is 6. The average Bonchev–Trinajstić information content (AvgIpc) is 3.49. The number of ether oxygens (including phenoxy) is 1. The molecule has 1 aromatic carbocycles. The third kappa shape index (κ3) is 4.48. The lowest BCUT2D eigenvalue weighted by atomic mass is 9.98. The first-order chi connectivity index (χ1) is 15.7. The fourth-order valence-corrected chi connectivity index (χ4v) is 4.93. The van der Waals surface area contributed by atoms with Crippen molar-refractivity contribution in [3.05, 3.63) is 58.1 Å². The number of aryl methyl sites for hydroxylation is 1. The van der Waals surface area contributed by atoms with Crippen LogP contribution in [0, 0.1) is 12.7 Å². The van der Waals surface area contributed by atoms with Crippen molar-refractivity contribution in [1.29, 1.82) is 0 Å². The molecule has 3 N–H and O–H groups in total. The molecule has 0 amide bonds. The van der Waals surface area contributed by atoms with Crippen LogP contribution in [0.15, 0.2) is 41.8 Å². The van der Waals surface area contributed by atoms with E-state index in [9.17, 15) is 4.39 Å². The standard InChI is InChI=1S/C21H23FN8OS/c1-14-19(12-31-18-4-2-17(3-5-18)30-13-25-27-28-30)32-20(26-14)15-6-8-29(9-7-15)21-23-10-16(22)11-24-21/h2-5,10-11,13,15,27-28H,6-9,12H2,1H3/p+1. The zero-order valence-corrected chi connectivity index (χ0v) is 18.4. The molecule has 5 rings (SSSR count). The van der Waals surface area contributed by atoms with E-state index >= 15 is 0 Å². The van der Waals surface area contributed by atoms with Gasteiger partial charge in [-0.05, 0) is 44.0 Å². The molecule has 2 aliphatic heterocycles. The molecule has 9 nitrogen and oxygen atoms in total. The van der Waals surface area contributed by atoms with E-state index in [0.717, 1.165) is 52.9 Å². The van der Waals surface area contributed by atoms with Crippen molar-refractivity contribution in [1.82, 2.24) is 20.5 Å². The molecule has 0 aliphatic carbocycles. The van der Waals surface area contributed by atoms with Gasteiger partial charge in [-0.15, -0.1) is 27.5 Å². The molecule has 4 heterocycles. The van der Waals surface area contributed by atoms with Crippen LogP contribution in [0.2, 0.25) is 0 Å². The number of benzene rings is 1. The van der Waals surface area contributed by atoms with Crippen LogP contribution in [0.1, 0.15) is 34.3 Å². The molecule has 2 aliphatic rings. The summed E-state index contributed by atoms with van der Waals surface area (Å²) in [6.45, 7) is 4.21. The monoisotopic (exact) mass is 455 g/mol. The van der Waals surface area contributed by atoms with Gasteiger partial charge in [0.05, 0.1) is 33.7 Å². The Hall–Kier alpha value is -3.31. The van der Waals surface area contributed by atoms with Crippen LogP contribution < -0.4 is 25.7 Å². The highest BCUT2D eigenvalue weighted by Crippen LogP contribution is 2.34. The average molecular weight is 456 g/mol. The minimum atomic E-state index is -0.413. The lowest BCUT2D eigenvalue weighted by Gasteiger charge is -2.30. The smallest absolute Gasteiger partial charge is 0.225 e. The minimum absolute atomic E-state index is 0.412. The molecule has 166 valence electrons. The number of nitrogens with two attached hydrogens (primary N) is 1. The SMILES string of the molecule is Cc1nc(C2CCN(c3ncc(F)cn3)CC2)sc1COc1ccc(N2C=NN[NH2+]2)cc1. The van der Waals surface area contributed by atoms with Gasteiger partial charge in [0.1, 0.15) is 12.4 Å². The van der Waals surface area contributed by atoms with Gasteiger partial charge in [-0.1, -0.05) is 0 Å². The van der Waals surface area contributed by atoms with Crippen molar-refractivity contribution in [2.45, 2.75) is 32.3 Å². The normalized spacial score (nSPS) is 16.4. The van der Waals surface area contributed by atoms with Crippen molar-refractivity contribution in [3.63, 3.8) is 0 Å². The summed E-state index contributed by atoms with van der Waals surface area (Å²) in [5.41, 5.74) is 6.62. The molecule has 0 saturated carbocycles. The number of aromatic nitrogens is 3. The highest BCUT2D eigenvalue weighted by Gasteiger charge is 2.25. The first kappa shape index (κ1) is 20.6. The summed E-state index contributed by atoms with van der Waals surface area (Å²) in [6, 6.07) is 7.91. The summed E-state index contributed by atoms with van der Waals surface area (Å²) in [4.78, 5) is 16.3. The van der Waals surface area contributed by atoms with E-state index in [-0.39, 0.29) is 0 Å². The van der Waals surface area contributed by atoms with Gasteiger partial charge in [0.2, 0.25) is 5.95 Å². The molecule has 0 bridgehead atoms. The summed E-state index contributed by atoms with van der Waals surface area (Å²) in [7, 11) is 0. The Kier molecular flexibility index (Phi) is 5.82. The second-order valence-corrected chi connectivity index (χ2v) is 8.83. The number of quaternary nitrogens is 1. The Bertz CT molecular complexity index is 1080. The fraction of sp³-hybridized carbons (Fsp3) is 0.333. The third-order valence-corrected chi connectivity index (χ3v) is 6.89. The number of piperidine rings is 1. The first-order valence-electron chi connectivity index (χ1n) is 10.5. The summed E-state index contributed by atoms with van der Waals surface area (Å²) < 4.78 is 19.1. The van der Waals surface area contributed by atoms with E-state index in [2.05, 4.69) is 25.5 Å². The maximum atomic E-state index is 13.1. The molecule has 11 heteroatoms. The van der Waals surface area contributed by atoms with Crippen molar-refractivity contribution in [2.75, 3.05) is 23.0 Å². The zero-order chi connectivity index (χ0) is 21.9. The van der Waals surface area contributed by atoms with E-state index in [4.69, 9.17) is 9.72 Å². The molecule has 3 aromatic rings. The van der Waals surface area contributed by atoms with Crippen LogP contribution in [0.4, 0.5) is 16.0 Å². The van der Waals surface area contributed by atoms with Crippen molar-refractivity contribution in [3.8, 4) is 5.75 Å². The van der Waals surface area contributed by atoms with Crippen LogP contribution in [-0.2, 0) is 6.61 Å². The second kappa shape index (κ2) is 9.05. The first-order valence-corrected chi connectivity index (χ1v) is 11.3. The Labute approximate surface area is 188 Å². The van der Waals surface area contributed by atoms with E-state index in [0.29, 0.717) is 18.5 Å². The van der Waals surface area contributed by atoms with Crippen molar-refractivity contribution >= 4 is 29.3 Å². The number of hydrogen-bond acceptors (Lipinski definition) is 9. The van der Waals surface area contributed by atoms with E-state index in [1.54, 1.807) is 23.2 Å². The maximum absolute atomic E-state index is 13.1.